The van der Waals surface area contributed by atoms with E-state index in [-0.39, 0.29) is 11.9 Å². The van der Waals surface area contributed by atoms with Gasteiger partial charge in [0.1, 0.15) is 0 Å². The first-order valence-electron chi connectivity index (χ1n) is 9.48. The monoisotopic (exact) mass is 358 g/mol. The van der Waals surface area contributed by atoms with Crippen molar-refractivity contribution in [3.63, 3.8) is 0 Å². The molecule has 0 radical (unpaired) electrons. The quantitative estimate of drug-likeness (QED) is 0.783. The van der Waals surface area contributed by atoms with E-state index in [1.54, 1.807) is 10.9 Å². The van der Waals surface area contributed by atoms with Gasteiger partial charge >= 0.3 is 0 Å². The van der Waals surface area contributed by atoms with Crippen LogP contribution in [0.25, 0.3) is 5.69 Å². The molecular weight excluding hydrogens is 336 g/mol. The number of hydrogen-bond acceptors (Lipinski definition) is 3. The van der Waals surface area contributed by atoms with E-state index >= 15 is 0 Å². The van der Waals surface area contributed by atoms with Gasteiger partial charge in [-0.1, -0.05) is 42.5 Å². The Balaban J connectivity index is 1.55. The van der Waals surface area contributed by atoms with Crippen LogP contribution in [0.3, 0.4) is 0 Å². The Labute approximate surface area is 158 Å². The number of aromatic nitrogens is 2. The lowest BCUT2D eigenvalue weighted by Gasteiger charge is -2.29. The molecule has 5 heteroatoms. The van der Waals surface area contributed by atoms with Crippen LogP contribution < -0.4 is 5.32 Å². The summed E-state index contributed by atoms with van der Waals surface area (Å²) >= 11 is 0. The molecule has 1 aromatic heterocycles. The maximum absolute atomic E-state index is 13.6. The third-order valence-corrected chi connectivity index (χ3v) is 5.85. The fourth-order valence-corrected chi connectivity index (χ4v) is 4.63. The minimum absolute atomic E-state index is 0.0874. The molecular formula is C22H22N4O. The molecule has 3 heterocycles. The molecule has 2 aliphatic rings. The van der Waals surface area contributed by atoms with Crippen LogP contribution >= 0.6 is 0 Å². The highest BCUT2D eigenvalue weighted by Gasteiger charge is 2.47. The average molecular weight is 358 g/mol. The van der Waals surface area contributed by atoms with Crippen LogP contribution in [0.15, 0.2) is 73.1 Å². The molecule has 27 heavy (non-hydrogen) atoms. The lowest BCUT2D eigenvalue weighted by molar-refractivity contribution is 0.0714. The summed E-state index contributed by atoms with van der Waals surface area (Å²) in [4.78, 5) is 15.7. The van der Waals surface area contributed by atoms with Gasteiger partial charge in [0.25, 0.3) is 5.91 Å². The normalized spacial score (nSPS) is 24.1. The van der Waals surface area contributed by atoms with Gasteiger partial charge in [-0.05, 0) is 29.7 Å². The minimum Gasteiger partial charge on any atom is -0.331 e. The zero-order valence-electron chi connectivity index (χ0n) is 15.0. The summed E-state index contributed by atoms with van der Waals surface area (Å²) in [6.45, 7) is 2.75. The molecule has 1 amide bonds. The fourth-order valence-electron chi connectivity index (χ4n) is 4.63. The van der Waals surface area contributed by atoms with Crippen molar-refractivity contribution >= 4 is 5.91 Å². The number of hydrogen-bond donors (Lipinski definition) is 1. The van der Waals surface area contributed by atoms with E-state index < -0.39 is 0 Å². The molecule has 0 bridgehead atoms. The van der Waals surface area contributed by atoms with Gasteiger partial charge in [-0.3, -0.25) is 4.79 Å². The molecule has 2 fully saturated rings. The number of nitrogens with zero attached hydrogens (tertiary/aromatic N) is 3. The van der Waals surface area contributed by atoms with Gasteiger partial charge < -0.3 is 10.2 Å². The van der Waals surface area contributed by atoms with Gasteiger partial charge in [0.15, 0.2) is 0 Å². The van der Waals surface area contributed by atoms with Gasteiger partial charge in [0.05, 0.1) is 17.3 Å². The predicted octanol–water partition coefficient (Wildman–Crippen LogP) is 2.91. The predicted molar refractivity (Wildman–Crippen MR) is 104 cm³/mol. The summed E-state index contributed by atoms with van der Waals surface area (Å²) < 4.78 is 1.77. The van der Waals surface area contributed by atoms with Crippen molar-refractivity contribution in [3.8, 4) is 5.69 Å². The van der Waals surface area contributed by atoms with Gasteiger partial charge in [-0.25, -0.2) is 4.68 Å². The van der Waals surface area contributed by atoms with Gasteiger partial charge in [0.2, 0.25) is 0 Å². The molecule has 2 aromatic carbocycles. The number of para-hydroxylation sites is 1. The molecule has 2 saturated heterocycles. The van der Waals surface area contributed by atoms with Gasteiger partial charge in [-0.15, -0.1) is 0 Å². The van der Waals surface area contributed by atoms with Gasteiger partial charge in [-0.2, -0.15) is 5.10 Å². The van der Waals surface area contributed by atoms with Crippen LogP contribution in [-0.4, -0.2) is 40.2 Å². The number of benzene rings is 2. The number of carbonyl (C=O) groups is 1. The number of rotatable bonds is 3. The molecule has 5 nitrogen and oxygen atoms in total. The maximum atomic E-state index is 13.6. The Morgan fingerprint density at radius 3 is 2.63 bits per heavy atom. The van der Waals surface area contributed by atoms with Crippen LogP contribution in [0.2, 0.25) is 0 Å². The highest BCUT2D eigenvalue weighted by molar-refractivity contribution is 5.98. The average Bonchev–Trinajstić information content (AvgIpc) is 3.45. The third kappa shape index (κ3) is 2.75. The second kappa shape index (κ2) is 6.67. The van der Waals surface area contributed by atoms with Crippen LogP contribution in [0.5, 0.6) is 0 Å². The first-order chi connectivity index (χ1) is 13.3. The summed E-state index contributed by atoms with van der Waals surface area (Å²) in [5.74, 6) is 1.06. The molecule has 5 rings (SSSR count). The van der Waals surface area contributed by atoms with Crippen molar-refractivity contribution in [1.29, 1.82) is 0 Å². The Hall–Kier alpha value is -2.92. The largest absolute Gasteiger partial charge is 0.331 e. The molecule has 2 aliphatic heterocycles. The van der Waals surface area contributed by atoms with Crippen molar-refractivity contribution < 1.29 is 4.79 Å². The molecule has 0 aliphatic carbocycles. The van der Waals surface area contributed by atoms with Crippen LogP contribution in [0.4, 0.5) is 0 Å². The van der Waals surface area contributed by atoms with E-state index in [1.807, 2.05) is 42.6 Å². The lowest BCUT2D eigenvalue weighted by atomic mass is 9.89. The molecule has 136 valence electrons. The molecule has 0 saturated carbocycles. The van der Waals surface area contributed by atoms with Gasteiger partial charge in [0, 0.05) is 37.9 Å². The third-order valence-electron chi connectivity index (χ3n) is 5.85. The van der Waals surface area contributed by atoms with E-state index in [2.05, 4.69) is 39.6 Å². The SMILES string of the molecule is O=C(c1ccccc1-n1cccn1)N1C[C@@H]2CNC[C@@H]2[C@H]1c1ccccc1. The van der Waals surface area contributed by atoms with Crippen molar-refractivity contribution in [2.75, 3.05) is 19.6 Å². The van der Waals surface area contributed by atoms with E-state index in [9.17, 15) is 4.79 Å². The van der Waals surface area contributed by atoms with E-state index in [1.165, 1.54) is 5.56 Å². The molecule has 3 atom stereocenters. The zero-order valence-corrected chi connectivity index (χ0v) is 15.0. The molecule has 0 spiro atoms. The number of fused-ring (bicyclic) bond motifs is 1. The fraction of sp³-hybridized carbons (Fsp3) is 0.273. The van der Waals surface area contributed by atoms with E-state index in [0.29, 0.717) is 17.4 Å². The first-order valence-corrected chi connectivity index (χ1v) is 9.48. The minimum atomic E-state index is 0.0874. The maximum Gasteiger partial charge on any atom is 0.256 e. The summed E-state index contributed by atoms with van der Waals surface area (Å²) in [6.07, 6.45) is 3.61. The number of likely N-dealkylation sites (tertiary alicyclic amines) is 1. The summed E-state index contributed by atoms with van der Waals surface area (Å²) in [6, 6.07) is 20.2. The van der Waals surface area contributed by atoms with E-state index in [4.69, 9.17) is 0 Å². The molecule has 1 N–H and O–H groups in total. The Morgan fingerprint density at radius 1 is 1.00 bits per heavy atom. The lowest BCUT2D eigenvalue weighted by Crippen LogP contribution is -2.35. The van der Waals surface area contributed by atoms with Crippen molar-refractivity contribution in [1.82, 2.24) is 20.0 Å². The number of carbonyl (C=O) groups excluding carboxylic acids is 1. The van der Waals surface area contributed by atoms with Crippen LogP contribution in [0.1, 0.15) is 22.0 Å². The van der Waals surface area contributed by atoms with Crippen molar-refractivity contribution in [2.24, 2.45) is 11.8 Å². The Bertz CT molecular complexity index is 938. The molecule has 3 aromatic rings. The topological polar surface area (TPSA) is 50.2 Å². The first kappa shape index (κ1) is 16.3. The second-order valence-corrected chi connectivity index (χ2v) is 7.36. The van der Waals surface area contributed by atoms with Crippen molar-refractivity contribution in [2.45, 2.75) is 6.04 Å². The highest BCUT2D eigenvalue weighted by Crippen LogP contribution is 2.43. The van der Waals surface area contributed by atoms with E-state index in [0.717, 1.165) is 25.3 Å². The van der Waals surface area contributed by atoms with Crippen LogP contribution in [0, 0.1) is 11.8 Å². The smallest absolute Gasteiger partial charge is 0.256 e. The van der Waals surface area contributed by atoms with Crippen molar-refractivity contribution in [3.05, 3.63) is 84.2 Å². The van der Waals surface area contributed by atoms with Crippen LogP contribution in [-0.2, 0) is 0 Å². The zero-order chi connectivity index (χ0) is 18.2. The standard InChI is InChI=1S/C22H22N4O/c27-22(18-9-4-5-10-20(18)26-12-6-11-24-26)25-15-17-13-23-14-19(17)21(25)16-7-2-1-3-8-16/h1-12,17,19,21,23H,13-15H2/t17-,19-,21+/m0/s1. The summed E-state index contributed by atoms with van der Waals surface area (Å²) in [5.41, 5.74) is 2.75. The Morgan fingerprint density at radius 2 is 1.81 bits per heavy atom. The highest BCUT2D eigenvalue weighted by atomic mass is 16.2. The second-order valence-electron chi connectivity index (χ2n) is 7.36. The Kier molecular flexibility index (Phi) is 4.02. The summed E-state index contributed by atoms with van der Waals surface area (Å²) in [5, 5.41) is 7.83. The summed E-state index contributed by atoms with van der Waals surface area (Å²) in [7, 11) is 0. The number of amides is 1. The molecule has 0 unspecified atom stereocenters. The number of nitrogens with one attached hydrogen (secondary N) is 1.